The molecule has 1 atom stereocenters. The number of hydrogen-bond donors (Lipinski definition) is 5. The Balaban J connectivity index is 0.000000298. The van der Waals surface area contributed by atoms with Gasteiger partial charge in [-0.15, -0.1) is 0 Å². The Hall–Kier alpha value is -4.92. The van der Waals surface area contributed by atoms with Gasteiger partial charge in [0.1, 0.15) is 6.29 Å². The van der Waals surface area contributed by atoms with Crippen LogP contribution in [-0.4, -0.2) is 87.9 Å². The van der Waals surface area contributed by atoms with Gasteiger partial charge in [-0.3, -0.25) is 19.2 Å². The Bertz CT molecular complexity index is 1900. The standard InChI is InChI=1S/C20H26N2O2.C13H19NO2.C9H11NO2.C4H11N.CH2O2/c1-20(2,14-21)24-13-11-15-5-7-16(8-6-15)19(23)18-10-9-17-4-3-12-22(17)18;1-13(2,10-14)16-8-7-11-3-5-12(9-15)6-4-11;1-6-2-3-8-7(9(11)12)4-5-10(6)8;1-4(2)3-5;2-1-3/h5-10H,3-4,11-14,21H2,1-2H3;3-6,9H,7-8,10,14H2,1-2H3;2-3,7H,4-5H2,1H3,(H,11,12);4H,3,5H2,1-2H3;1H,(H,2,3). The van der Waals surface area contributed by atoms with Crippen molar-refractivity contribution in [2.75, 3.05) is 32.8 Å². The molecule has 0 bridgehead atoms. The molecule has 2 aromatic heterocycles. The fraction of sp³-hybridized carbons (Fsp3) is 0.489. The minimum Gasteiger partial charge on any atom is -0.483 e. The second-order valence-electron chi connectivity index (χ2n) is 16.4. The molecule has 0 radical (unpaired) electrons. The van der Waals surface area contributed by atoms with Crippen LogP contribution < -0.4 is 17.2 Å². The Labute approximate surface area is 356 Å². The number of aromatic nitrogens is 2. The highest BCUT2D eigenvalue weighted by molar-refractivity contribution is 6.08. The molecule has 6 rings (SSSR count). The second-order valence-corrected chi connectivity index (χ2v) is 16.4. The molecule has 60 heavy (non-hydrogen) atoms. The first-order chi connectivity index (χ1) is 28.5. The fourth-order valence-corrected chi connectivity index (χ4v) is 6.21. The van der Waals surface area contributed by atoms with Crippen molar-refractivity contribution < 1.29 is 38.9 Å². The highest BCUT2D eigenvalue weighted by Gasteiger charge is 2.29. The number of carboxylic acids is 1. The molecule has 2 aliphatic rings. The molecule has 13 heteroatoms. The maximum absolute atomic E-state index is 12.7. The largest absolute Gasteiger partial charge is 0.483 e. The molecule has 0 saturated carbocycles. The van der Waals surface area contributed by atoms with E-state index in [4.69, 9.17) is 41.7 Å². The molecule has 4 heterocycles. The Kier molecular flexibility index (Phi) is 21.9. The van der Waals surface area contributed by atoms with Gasteiger partial charge >= 0.3 is 5.97 Å². The van der Waals surface area contributed by atoms with Crippen LogP contribution in [0.2, 0.25) is 0 Å². The van der Waals surface area contributed by atoms with Crippen molar-refractivity contribution >= 4 is 24.5 Å². The molecule has 0 fully saturated rings. The number of ketones is 1. The Morgan fingerprint density at radius 1 is 0.800 bits per heavy atom. The van der Waals surface area contributed by atoms with Crippen LogP contribution in [0.3, 0.4) is 0 Å². The first kappa shape index (κ1) is 51.2. The van der Waals surface area contributed by atoms with E-state index in [1.807, 2.05) is 101 Å². The second kappa shape index (κ2) is 25.6. The minimum absolute atomic E-state index is 0.107. The summed E-state index contributed by atoms with van der Waals surface area (Å²) in [7, 11) is 0. The van der Waals surface area contributed by atoms with Crippen LogP contribution in [0.15, 0.2) is 72.8 Å². The number of aliphatic carboxylic acids is 1. The third kappa shape index (κ3) is 17.0. The molecule has 8 N–H and O–H groups in total. The van der Waals surface area contributed by atoms with Gasteiger partial charge in [-0.25, -0.2) is 0 Å². The molecule has 2 aliphatic heterocycles. The first-order valence-electron chi connectivity index (χ1n) is 20.7. The molecule has 0 amide bonds. The lowest BCUT2D eigenvalue weighted by atomic mass is 10.0. The number of carbonyl (C=O) groups is 4. The normalized spacial score (nSPS) is 13.8. The smallest absolute Gasteiger partial charge is 0.312 e. The number of ether oxygens (including phenoxy) is 2. The average Bonchev–Trinajstić information content (AvgIpc) is 4.04. The molecular formula is C47H69N5O8. The number of fused-ring (bicyclic) bond motifs is 2. The summed E-state index contributed by atoms with van der Waals surface area (Å²) in [6, 6.07) is 23.3. The monoisotopic (exact) mass is 832 g/mol. The maximum Gasteiger partial charge on any atom is 0.312 e. The molecule has 0 saturated heterocycles. The van der Waals surface area contributed by atoms with E-state index in [9.17, 15) is 14.4 Å². The highest BCUT2D eigenvalue weighted by atomic mass is 16.5. The summed E-state index contributed by atoms with van der Waals surface area (Å²) in [5, 5.41) is 15.7. The zero-order valence-corrected chi connectivity index (χ0v) is 36.7. The highest BCUT2D eigenvalue weighted by Crippen LogP contribution is 2.30. The van der Waals surface area contributed by atoms with Gasteiger partial charge in [-0.2, -0.15) is 0 Å². The fourth-order valence-electron chi connectivity index (χ4n) is 6.21. The predicted molar refractivity (Wildman–Crippen MR) is 237 cm³/mol. The van der Waals surface area contributed by atoms with Crippen molar-refractivity contribution in [1.82, 2.24) is 9.13 Å². The molecule has 0 spiro atoms. The van der Waals surface area contributed by atoms with Gasteiger partial charge in [-0.1, -0.05) is 62.4 Å². The number of hydrogen-bond acceptors (Lipinski definition) is 9. The van der Waals surface area contributed by atoms with Crippen molar-refractivity contribution in [2.45, 2.75) is 111 Å². The Morgan fingerprint density at radius 3 is 1.78 bits per heavy atom. The molecule has 330 valence electrons. The van der Waals surface area contributed by atoms with Crippen LogP contribution in [0.4, 0.5) is 0 Å². The predicted octanol–water partition coefficient (Wildman–Crippen LogP) is 6.43. The molecule has 1 unspecified atom stereocenters. The van der Waals surface area contributed by atoms with E-state index in [0.717, 1.165) is 80.7 Å². The number of aldehydes is 1. The average molecular weight is 832 g/mol. The summed E-state index contributed by atoms with van der Waals surface area (Å²) in [6.45, 7) is 18.8. The number of carboxylic acid groups (broad SMARTS) is 2. The number of aryl methyl sites for hydroxylation is 2. The molecule has 0 aliphatic carbocycles. The van der Waals surface area contributed by atoms with Crippen molar-refractivity contribution in [2.24, 2.45) is 23.1 Å². The van der Waals surface area contributed by atoms with Crippen molar-refractivity contribution in [3.05, 3.63) is 118 Å². The number of nitrogens with two attached hydrogens (primary N) is 3. The van der Waals surface area contributed by atoms with Crippen LogP contribution in [0.5, 0.6) is 0 Å². The third-order valence-corrected chi connectivity index (χ3v) is 10.2. The van der Waals surface area contributed by atoms with Crippen molar-refractivity contribution in [3.63, 3.8) is 0 Å². The van der Waals surface area contributed by atoms with E-state index in [1.165, 1.54) is 16.8 Å². The van der Waals surface area contributed by atoms with Crippen LogP contribution in [0, 0.1) is 12.8 Å². The van der Waals surface area contributed by atoms with Gasteiger partial charge in [0.2, 0.25) is 5.78 Å². The summed E-state index contributed by atoms with van der Waals surface area (Å²) < 4.78 is 15.7. The zero-order valence-electron chi connectivity index (χ0n) is 36.7. The number of rotatable bonds is 15. The minimum atomic E-state index is -0.702. The number of nitrogens with zero attached hydrogens (tertiary/aromatic N) is 2. The first-order valence-corrected chi connectivity index (χ1v) is 20.7. The SMILES string of the molecule is CC(C)(CN)OCCc1ccc(C(=O)c2ccc3n2CCC3)cc1.CC(C)(CN)OCCc1ccc(C=O)cc1.CC(C)CN.Cc1ccc2n1CCC2C(=O)O.O=CO. The molecular weight excluding hydrogens is 763 g/mol. The van der Waals surface area contributed by atoms with E-state index in [0.29, 0.717) is 37.8 Å². The van der Waals surface area contributed by atoms with Gasteiger partial charge < -0.3 is 46.0 Å². The molecule has 4 aromatic rings. The molecule has 2 aromatic carbocycles. The van der Waals surface area contributed by atoms with Crippen LogP contribution in [0.1, 0.15) is 115 Å². The Morgan fingerprint density at radius 2 is 1.32 bits per heavy atom. The van der Waals surface area contributed by atoms with Gasteiger partial charge in [-0.05, 0) is 115 Å². The zero-order chi connectivity index (χ0) is 44.9. The third-order valence-electron chi connectivity index (χ3n) is 10.2. The van der Waals surface area contributed by atoms with E-state index >= 15 is 0 Å². The summed E-state index contributed by atoms with van der Waals surface area (Å²) in [6.07, 6.45) is 5.45. The van der Waals surface area contributed by atoms with E-state index < -0.39 is 5.97 Å². The topological polar surface area (TPSA) is 215 Å². The summed E-state index contributed by atoms with van der Waals surface area (Å²) >= 11 is 0. The van der Waals surface area contributed by atoms with Gasteiger partial charge in [0.15, 0.2) is 0 Å². The van der Waals surface area contributed by atoms with Gasteiger partial charge in [0.25, 0.3) is 6.47 Å². The van der Waals surface area contributed by atoms with E-state index in [1.54, 1.807) is 0 Å². The van der Waals surface area contributed by atoms with Gasteiger partial charge in [0.05, 0.1) is 36.0 Å². The van der Waals surface area contributed by atoms with Crippen molar-refractivity contribution in [3.8, 4) is 0 Å². The van der Waals surface area contributed by atoms with E-state index in [-0.39, 0.29) is 29.4 Å². The number of benzene rings is 2. The van der Waals surface area contributed by atoms with Gasteiger partial charge in [0, 0.05) is 54.4 Å². The summed E-state index contributed by atoms with van der Waals surface area (Å²) in [4.78, 5) is 42.3. The van der Waals surface area contributed by atoms with Crippen LogP contribution >= 0.6 is 0 Å². The van der Waals surface area contributed by atoms with E-state index in [2.05, 4.69) is 29.0 Å². The summed E-state index contributed by atoms with van der Waals surface area (Å²) in [5.74, 6) is -0.212. The maximum atomic E-state index is 12.7. The lowest BCUT2D eigenvalue weighted by Crippen LogP contribution is -2.34. The quantitative estimate of drug-likeness (QED) is 0.0650. The summed E-state index contributed by atoms with van der Waals surface area (Å²) in [5.41, 5.74) is 23.8. The number of carbonyl (C=O) groups excluding carboxylic acids is 2. The van der Waals surface area contributed by atoms with Crippen molar-refractivity contribution in [1.29, 1.82) is 0 Å². The van der Waals surface area contributed by atoms with Crippen LogP contribution in [-0.2, 0) is 51.4 Å². The lowest BCUT2D eigenvalue weighted by Gasteiger charge is -2.23. The molecule has 13 nitrogen and oxygen atoms in total. The lowest BCUT2D eigenvalue weighted by molar-refractivity contribution is -0.138. The van der Waals surface area contributed by atoms with Crippen LogP contribution in [0.25, 0.3) is 0 Å².